The number of halogens is 1. The van der Waals surface area contributed by atoms with Gasteiger partial charge in [0.2, 0.25) is 11.8 Å². The predicted octanol–water partition coefficient (Wildman–Crippen LogP) is 1.86. The largest absolute Gasteiger partial charge is 0.364 e. The van der Waals surface area contributed by atoms with Crippen molar-refractivity contribution < 1.29 is 28.8 Å². The van der Waals surface area contributed by atoms with Crippen molar-refractivity contribution in [2.45, 2.75) is 45.1 Å². The second-order valence-electron chi connectivity index (χ2n) is 11.4. The Bertz CT molecular complexity index is 1350. The fraction of sp³-hybridized carbons (Fsp3) is 0.517. The maximum Gasteiger partial charge on any atom is 0.332 e. The Labute approximate surface area is 251 Å². The standard InChI is InChI=1S/C29H36N6O6.ClH/c1-5-6-7-8-11-35-24(37)20(23(36)30-27(35)40)15-18-9-10-21-19(14-18)16-29(22-17-31(2)12-13-34(21)22)25(38)32(3)28(41)33(4)26(29)39;/h9-10,14-15,22H,5-8,11-13,16-17H2,1-4H3,(H,30,36,40);1H/b20-15+;. The molecule has 0 aliphatic carbocycles. The van der Waals surface area contributed by atoms with Gasteiger partial charge in [0.25, 0.3) is 11.8 Å². The zero-order valence-corrected chi connectivity index (χ0v) is 25.2. The number of carbonyl (C=O) groups is 6. The molecule has 4 heterocycles. The van der Waals surface area contributed by atoms with Gasteiger partial charge in [-0.3, -0.25) is 39.2 Å². The van der Waals surface area contributed by atoms with Gasteiger partial charge in [0.1, 0.15) is 5.57 Å². The van der Waals surface area contributed by atoms with Crippen LogP contribution < -0.4 is 10.2 Å². The van der Waals surface area contributed by atoms with Crippen LogP contribution in [0.3, 0.4) is 0 Å². The van der Waals surface area contributed by atoms with Gasteiger partial charge in [-0.25, -0.2) is 9.59 Å². The van der Waals surface area contributed by atoms with Crippen molar-refractivity contribution in [2.75, 3.05) is 52.2 Å². The van der Waals surface area contributed by atoms with Crippen LogP contribution in [-0.4, -0.2) is 109 Å². The summed E-state index contributed by atoms with van der Waals surface area (Å²) in [6.07, 6.45) is 5.02. The molecular weight excluding hydrogens is 564 g/mol. The van der Waals surface area contributed by atoms with Crippen molar-refractivity contribution in [1.82, 2.24) is 24.9 Å². The highest BCUT2D eigenvalue weighted by atomic mass is 35.5. The molecule has 0 saturated carbocycles. The Kier molecular flexibility index (Phi) is 8.79. The Hall–Kier alpha value is -3.77. The summed E-state index contributed by atoms with van der Waals surface area (Å²) in [6.45, 7) is 4.06. The van der Waals surface area contributed by atoms with E-state index in [9.17, 15) is 28.8 Å². The van der Waals surface area contributed by atoms with E-state index in [1.165, 1.54) is 20.2 Å². The van der Waals surface area contributed by atoms with Crippen molar-refractivity contribution in [3.63, 3.8) is 0 Å². The van der Waals surface area contributed by atoms with E-state index in [1.54, 1.807) is 12.1 Å². The molecule has 0 radical (unpaired) electrons. The SMILES string of the molecule is CCCCCCN1C(=O)NC(=O)/C(=C\c2ccc3c(c2)CC2(C(=O)N(C)C(=O)N(C)C2=O)C2CN(C)CCN32)C1=O.Cl. The molecule has 1 aromatic carbocycles. The number of nitrogens with zero attached hydrogens (tertiary/aromatic N) is 5. The third kappa shape index (κ3) is 4.96. The molecule has 1 aromatic rings. The molecule has 226 valence electrons. The average molecular weight is 601 g/mol. The van der Waals surface area contributed by atoms with E-state index in [-0.39, 0.29) is 30.9 Å². The molecule has 3 saturated heterocycles. The van der Waals surface area contributed by atoms with E-state index in [0.717, 1.165) is 46.2 Å². The topological polar surface area (TPSA) is 131 Å². The normalized spacial score (nSPS) is 23.3. The van der Waals surface area contributed by atoms with Gasteiger partial charge in [-0.2, -0.15) is 0 Å². The minimum Gasteiger partial charge on any atom is -0.364 e. The highest BCUT2D eigenvalue weighted by Crippen LogP contribution is 2.47. The van der Waals surface area contributed by atoms with Crippen LogP contribution in [0.1, 0.15) is 43.7 Å². The number of rotatable bonds is 6. The van der Waals surface area contributed by atoms with Crippen molar-refractivity contribution in [2.24, 2.45) is 5.41 Å². The third-order valence-electron chi connectivity index (χ3n) is 8.71. The van der Waals surface area contributed by atoms with Gasteiger partial charge in [0.15, 0.2) is 5.41 Å². The number of barbiturate groups is 2. The molecule has 8 amide bonds. The summed E-state index contributed by atoms with van der Waals surface area (Å²) in [7, 11) is 4.73. The van der Waals surface area contributed by atoms with Crippen LogP contribution in [0.2, 0.25) is 0 Å². The number of anilines is 1. The second-order valence-corrected chi connectivity index (χ2v) is 11.4. The van der Waals surface area contributed by atoms with Crippen molar-refractivity contribution in [3.8, 4) is 0 Å². The lowest BCUT2D eigenvalue weighted by Gasteiger charge is -2.55. The number of benzene rings is 1. The van der Waals surface area contributed by atoms with Crippen LogP contribution in [0.25, 0.3) is 6.08 Å². The van der Waals surface area contributed by atoms with E-state index in [2.05, 4.69) is 22.0 Å². The van der Waals surface area contributed by atoms with Crippen LogP contribution in [-0.2, 0) is 25.6 Å². The average Bonchev–Trinajstić information content (AvgIpc) is 2.95. The van der Waals surface area contributed by atoms with E-state index in [1.807, 2.05) is 13.1 Å². The van der Waals surface area contributed by atoms with Gasteiger partial charge in [0, 0.05) is 46.0 Å². The Morgan fingerprint density at radius 3 is 2.31 bits per heavy atom. The number of urea groups is 2. The number of nitrogens with one attached hydrogen (secondary N) is 1. The molecule has 0 bridgehead atoms. The second kappa shape index (κ2) is 11.8. The van der Waals surface area contributed by atoms with Gasteiger partial charge in [-0.15, -0.1) is 12.4 Å². The molecule has 1 spiro atoms. The van der Waals surface area contributed by atoms with Crippen molar-refractivity contribution in [3.05, 3.63) is 34.9 Å². The number of amides is 8. The smallest absolute Gasteiger partial charge is 0.332 e. The molecule has 1 atom stereocenters. The number of hydrogen-bond donors (Lipinski definition) is 1. The summed E-state index contributed by atoms with van der Waals surface area (Å²) >= 11 is 0. The monoisotopic (exact) mass is 600 g/mol. The molecule has 13 heteroatoms. The zero-order chi connectivity index (χ0) is 29.6. The number of carbonyl (C=O) groups excluding carboxylic acids is 6. The zero-order valence-electron chi connectivity index (χ0n) is 24.3. The Morgan fingerprint density at radius 2 is 1.64 bits per heavy atom. The number of imide groups is 4. The summed E-state index contributed by atoms with van der Waals surface area (Å²) in [5, 5.41) is 2.26. The first-order valence-corrected chi connectivity index (χ1v) is 14.1. The van der Waals surface area contributed by atoms with Crippen LogP contribution in [0, 0.1) is 5.41 Å². The molecule has 1 N–H and O–H groups in total. The summed E-state index contributed by atoms with van der Waals surface area (Å²) in [6, 6.07) is 3.57. The highest BCUT2D eigenvalue weighted by Gasteiger charge is 2.63. The first-order valence-electron chi connectivity index (χ1n) is 14.1. The fourth-order valence-corrected chi connectivity index (χ4v) is 6.45. The molecule has 42 heavy (non-hydrogen) atoms. The maximum absolute atomic E-state index is 13.8. The number of piperazine rings is 1. The molecule has 1 unspecified atom stereocenters. The maximum atomic E-state index is 13.8. The lowest BCUT2D eigenvalue weighted by molar-refractivity contribution is -0.160. The van der Waals surface area contributed by atoms with Gasteiger partial charge >= 0.3 is 12.1 Å². The van der Waals surface area contributed by atoms with E-state index in [0.29, 0.717) is 30.6 Å². The lowest BCUT2D eigenvalue weighted by atomic mass is 9.67. The molecule has 0 aromatic heterocycles. The van der Waals surface area contributed by atoms with Crippen molar-refractivity contribution >= 4 is 59.9 Å². The number of unbranched alkanes of at least 4 members (excludes halogenated alkanes) is 3. The van der Waals surface area contributed by atoms with Crippen LogP contribution in [0.15, 0.2) is 23.8 Å². The fourth-order valence-electron chi connectivity index (χ4n) is 6.45. The molecule has 4 aliphatic heterocycles. The van der Waals surface area contributed by atoms with Crippen LogP contribution in [0.5, 0.6) is 0 Å². The number of fused-ring (bicyclic) bond motifs is 4. The highest BCUT2D eigenvalue weighted by molar-refractivity contribution is 6.31. The molecular formula is C29H37ClN6O6. The molecule has 4 aliphatic rings. The number of hydrogen-bond acceptors (Lipinski definition) is 8. The number of likely N-dealkylation sites (N-methyl/N-ethyl adjacent to an activating group) is 1. The van der Waals surface area contributed by atoms with Gasteiger partial charge in [-0.1, -0.05) is 32.3 Å². The van der Waals surface area contributed by atoms with E-state index in [4.69, 9.17) is 0 Å². The first kappa shape index (κ1) is 31.2. The van der Waals surface area contributed by atoms with Gasteiger partial charge in [0.05, 0.1) is 6.04 Å². The third-order valence-corrected chi connectivity index (χ3v) is 8.71. The van der Waals surface area contributed by atoms with Gasteiger partial charge in [-0.05, 0) is 49.2 Å². The van der Waals surface area contributed by atoms with E-state index < -0.39 is 47.1 Å². The summed E-state index contributed by atoms with van der Waals surface area (Å²) in [5.41, 5.74) is 0.432. The van der Waals surface area contributed by atoms with Crippen LogP contribution in [0.4, 0.5) is 15.3 Å². The molecule has 12 nitrogen and oxygen atoms in total. The summed E-state index contributed by atoms with van der Waals surface area (Å²) in [4.78, 5) is 85.7. The van der Waals surface area contributed by atoms with E-state index >= 15 is 0 Å². The molecule has 3 fully saturated rings. The van der Waals surface area contributed by atoms with Gasteiger partial charge < -0.3 is 9.80 Å². The van der Waals surface area contributed by atoms with Crippen molar-refractivity contribution in [1.29, 1.82) is 0 Å². The molecule has 5 rings (SSSR count). The Balaban J connectivity index is 0.00000405. The quantitative estimate of drug-likeness (QED) is 0.227. The summed E-state index contributed by atoms with van der Waals surface area (Å²) < 4.78 is 0. The Morgan fingerprint density at radius 1 is 0.952 bits per heavy atom. The lowest BCUT2D eigenvalue weighted by Crippen LogP contribution is -2.74. The van der Waals surface area contributed by atoms with Crippen LogP contribution >= 0.6 is 12.4 Å². The summed E-state index contributed by atoms with van der Waals surface area (Å²) in [5.74, 6) is -2.49. The predicted molar refractivity (Wildman–Crippen MR) is 157 cm³/mol. The minimum absolute atomic E-state index is 0. The minimum atomic E-state index is -1.51. The first-order chi connectivity index (χ1) is 19.5.